The van der Waals surface area contributed by atoms with Gasteiger partial charge in [0.1, 0.15) is 22.0 Å². The molecule has 2 saturated heterocycles. The standard InChI is InChI=1S/C20H21N9O6S3.C2HF3O2/c21-10-6-34-17-11(7-35-16(10)17)27-38(32,33)13-5-4-8(9-2-1-3-12-15(9)24-20(22)36-12)14(18(13)37(23,30)31)19-25-28-29-26-19;3-2(4,5)1(6)7/h1-5,10-11,16-17,27H,6-7,21H2,(H2,22,24)(H2,23,30,31)(H,25,26,28,29);(H,6,7)/t10-,11+,16-,17-;/m1./s1. The van der Waals surface area contributed by atoms with Crippen LogP contribution in [0.5, 0.6) is 0 Å². The van der Waals surface area contributed by atoms with E-state index in [9.17, 15) is 30.0 Å². The molecule has 4 atom stereocenters. The minimum Gasteiger partial charge on any atom is -0.475 e. The molecule has 9 N–H and O–H groups in total. The van der Waals surface area contributed by atoms with Crippen LogP contribution in [0, 0.1) is 0 Å². The Morgan fingerprint density at radius 1 is 1.09 bits per heavy atom. The zero-order valence-electron chi connectivity index (χ0n) is 22.3. The van der Waals surface area contributed by atoms with Crippen LogP contribution in [0.15, 0.2) is 40.1 Å². The van der Waals surface area contributed by atoms with Crippen molar-refractivity contribution in [2.45, 2.75) is 40.3 Å². The molecule has 0 spiro atoms. The lowest BCUT2D eigenvalue weighted by atomic mass is 9.98. The van der Waals surface area contributed by atoms with Gasteiger partial charge < -0.3 is 26.0 Å². The number of hydrogen-bond donors (Lipinski definition) is 6. The van der Waals surface area contributed by atoms with Gasteiger partial charge in [-0.3, -0.25) is 0 Å². The van der Waals surface area contributed by atoms with Gasteiger partial charge in [0.15, 0.2) is 5.13 Å². The third kappa shape index (κ3) is 6.46. The maximum absolute atomic E-state index is 13.6. The smallest absolute Gasteiger partial charge is 0.475 e. The number of anilines is 1. The number of primary sulfonamides is 1. The zero-order chi connectivity index (χ0) is 32.9. The molecular weight excluding hydrogens is 671 g/mol. The molecule has 6 rings (SSSR count). The van der Waals surface area contributed by atoms with Gasteiger partial charge in [-0.15, -0.1) is 10.2 Å². The molecule has 2 fully saturated rings. The van der Waals surface area contributed by atoms with E-state index in [4.69, 9.17) is 36.0 Å². The Bertz CT molecular complexity index is 1970. The number of hydrogen-bond acceptors (Lipinski definition) is 14. The van der Waals surface area contributed by atoms with Gasteiger partial charge in [0.25, 0.3) is 0 Å². The molecule has 0 aliphatic carbocycles. The molecule has 17 nitrogen and oxygen atoms in total. The van der Waals surface area contributed by atoms with Crippen LogP contribution in [0.3, 0.4) is 0 Å². The number of ether oxygens (including phenoxy) is 2. The number of thiazole rings is 1. The summed E-state index contributed by atoms with van der Waals surface area (Å²) in [6.45, 7) is 0.204. The van der Waals surface area contributed by atoms with Crippen LogP contribution in [0.25, 0.3) is 32.7 Å². The third-order valence-corrected chi connectivity index (χ3v) is 10.1. The van der Waals surface area contributed by atoms with E-state index in [1.807, 2.05) is 0 Å². The molecule has 0 saturated carbocycles. The summed E-state index contributed by atoms with van der Waals surface area (Å²) in [6.07, 6.45) is -6.19. The van der Waals surface area contributed by atoms with Crippen molar-refractivity contribution >= 4 is 52.7 Å². The lowest BCUT2D eigenvalue weighted by molar-refractivity contribution is -0.192. The molecule has 0 unspecified atom stereocenters. The summed E-state index contributed by atoms with van der Waals surface area (Å²) < 4.78 is 99.6. The number of fused-ring (bicyclic) bond motifs is 2. The van der Waals surface area contributed by atoms with Gasteiger partial charge in [0.05, 0.1) is 41.1 Å². The fourth-order valence-electron chi connectivity index (χ4n) is 4.85. The molecule has 242 valence electrons. The lowest BCUT2D eigenvalue weighted by Crippen LogP contribution is -2.45. The molecule has 2 aliphatic heterocycles. The van der Waals surface area contributed by atoms with Crippen molar-refractivity contribution < 1.29 is 49.4 Å². The first kappa shape index (κ1) is 32.6. The number of tetrazole rings is 1. The predicted octanol–water partition coefficient (Wildman–Crippen LogP) is -0.222. The van der Waals surface area contributed by atoms with Crippen molar-refractivity contribution in [3.05, 3.63) is 30.3 Å². The number of rotatable bonds is 6. The molecule has 2 aliphatic rings. The van der Waals surface area contributed by atoms with E-state index < -0.39 is 66.3 Å². The van der Waals surface area contributed by atoms with Crippen molar-refractivity contribution in [1.29, 1.82) is 0 Å². The maximum atomic E-state index is 13.6. The van der Waals surface area contributed by atoms with Gasteiger partial charge in [-0.25, -0.2) is 36.5 Å². The highest BCUT2D eigenvalue weighted by molar-refractivity contribution is 7.92. The molecule has 23 heteroatoms. The molecule has 0 bridgehead atoms. The van der Waals surface area contributed by atoms with Crippen LogP contribution in [0.2, 0.25) is 0 Å². The molecule has 0 radical (unpaired) electrons. The number of aliphatic carboxylic acids is 1. The van der Waals surface area contributed by atoms with Crippen LogP contribution in [0.1, 0.15) is 0 Å². The van der Waals surface area contributed by atoms with Crippen LogP contribution in [0.4, 0.5) is 18.3 Å². The minimum absolute atomic E-state index is 0.00397. The molecule has 45 heavy (non-hydrogen) atoms. The summed E-state index contributed by atoms with van der Waals surface area (Å²) >= 11 is 1.24. The summed E-state index contributed by atoms with van der Waals surface area (Å²) in [5, 5.41) is 26.7. The average molecular weight is 694 g/mol. The highest BCUT2D eigenvalue weighted by Gasteiger charge is 2.48. The van der Waals surface area contributed by atoms with Gasteiger partial charge >= 0.3 is 12.1 Å². The molecule has 4 aromatic rings. The van der Waals surface area contributed by atoms with E-state index >= 15 is 0 Å². The summed E-state index contributed by atoms with van der Waals surface area (Å²) in [5.74, 6) is -2.94. The first-order valence-electron chi connectivity index (χ1n) is 12.4. The second kappa shape index (κ2) is 11.8. The summed E-state index contributed by atoms with van der Waals surface area (Å²) in [4.78, 5) is 12.0. The van der Waals surface area contributed by atoms with Gasteiger partial charge in [0.2, 0.25) is 25.9 Å². The fraction of sp³-hybridized carbons (Fsp3) is 0.318. The number of alkyl halides is 3. The zero-order valence-corrected chi connectivity index (χ0v) is 24.7. The summed E-state index contributed by atoms with van der Waals surface area (Å²) in [7, 11) is -9.17. The summed E-state index contributed by atoms with van der Waals surface area (Å²) in [6, 6.07) is 6.63. The summed E-state index contributed by atoms with van der Waals surface area (Å²) in [5.41, 5.74) is 12.9. The number of halogens is 3. The number of nitrogens with two attached hydrogens (primary N) is 3. The largest absolute Gasteiger partial charge is 0.490 e. The highest BCUT2D eigenvalue weighted by Crippen LogP contribution is 2.42. The van der Waals surface area contributed by atoms with Crippen molar-refractivity contribution in [1.82, 2.24) is 30.3 Å². The first-order chi connectivity index (χ1) is 21.0. The topological polar surface area (TPSA) is 281 Å². The number of aromatic nitrogens is 5. The third-order valence-electron chi connectivity index (χ3n) is 6.63. The van der Waals surface area contributed by atoms with Crippen LogP contribution < -0.4 is 21.3 Å². The quantitative estimate of drug-likeness (QED) is 0.152. The van der Waals surface area contributed by atoms with E-state index in [-0.39, 0.29) is 30.2 Å². The Hall–Kier alpha value is -3.84. The van der Waals surface area contributed by atoms with E-state index in [1.165, 1.54) is 17.4 Å². The Kier molecular flexibility index (Phi) is 8.56. The van der Waals surface area contributed by atoms with Crippen LogP contribution >= 0.6 is 11.3 Å². The van der Waals surface area contributed by atoms with Gasteiger partial charge in [-0.2, -0.15) is 18.4 Å². The number of carboxylic acids is 1. The van der Waals surface area contributed by atoms with Crippen molar-refractivity contribution in [3.63, 3.8) is 0 Å². The van der Waals surface area contributed by atoms with Crippen molar-refractivity contribution in [2.75, 3.05) is 18.9 Å². The van der Waals surface area contributed by atoms with E-state index in [0.717, 1.165) is 10.8 Å². The maximum Gasteiger partial charge on any atom is 0.490 e. The highest BCUT2D eigenvalue weighted by atomic mass is 32.2. The normalized spacial score (nSPS) is 21.8. The van der Waals surface area contributed by atoms with Gasteiger partial charge in [-0.05, 0) is 22.9 Å². The molecule has 0 amide bonds. The number of sulfonamides is 2. The number of carboxylic acid groups (broad SMARTS) is 1. The minimum atomic E-state index is -5.08. The number of benzene rings is 2. The van der Waals surface area contributed by atoms with Crippen molar-refractivity contribution in [3.8, 4) is 22.5 Å². The second-order valence-electron chi connectivity index (χ2n) is 9.59. The monoisotopic (exact) mass is 693 g/mol. The predicted molar refractivity (Wildman–Crippen MR) is 149 cm³/mol. The average Bonchev–Trinajstić information content (AvgIpc) is 3.74. The SMILES string of the molecule is Nc1nc2c(-c3ccc(S(=O)(=O)N[C@H]4CO[C@H]5[C@@H]4OC[C@H]5N)c(S(N)(=O)=O)c3-c3nn[nH]n3)cccc2s1.O=C(O)C(F)(F)F. The Balaban J connectivity index is 0.000000515. The first-order valence-corrected chi connectivity index (χ1v) is 16.2. The molecule has 2 aromatic heterocycles. The fourth-order valence-corrected chi connectivity index (χ4v) is 8.44. The molecule has 2 aromatic carbocycles. The van der Waals surface area contributed by atoms with Gasteiger partial charge in [0, 0.05) is 5.56 Å². The van der Waals surface area contributed by atoms with Crippen LogP contribution in [-0.2, 0) is 34.3 Å². The van der Waals surface area contributed by atoms with E-state index in [1.54, 1.807) is 18.2 Å². The lowest BCUT2D eigenvalue weighted by Gasteiger charge is -2.20. The number of para-hydroxylation sites is 1. The Labute approximate surface area is 255 Å². The molecular formula is C22H22F3N9O8S3. The van der Waals surface area contributed by atoms with Gasteiger partial charge in [-0.1, -0.05) is 29.5 Å². The second-order valence-corrected chi connectivity index (χ2v) is 13.8. The van der Waals surface area contributed by atoms with Crippen LogP contribution in [-0.4, -0.2) is 97.2 Å². The number of aromatic amines is 1. The number of nitrogens with one attached hydrogen (secondary N) is 2. The van der Waals surface area contributed by atoms with E-state index in [2.05, 4.69) is 30.3 Å². The van der Waals surface area contributed by atoms with E-state index in [0.29, 0.717) is 16.2 Å². The van der Waals surface area contributed by atoms with Crippen molar-refractivity contribution in [2.24, 2.45) is 10.9 Å². The molecule has 4 heterocycles. The Morgan fingerprint density at radius 3 is 2.40 bits per heavy atom. The number of H-pyrrole nitrogens is 1. The number of nitrogens with zero attached hydrogens (tertiary/aromatic N) is 4. The number of nitrogen functional groups attached to an aromatic ring is 1. The number of carbonyl (C=O) groups is 1. The Morgan fingerprint density at radius 2 is 1.78 bits per heavy atom.